The quantitative estimate of drug-likeness (QED) is 0.839. The summed E-state index contributed by atoms with van der Waals surface area (Å²) in [7, 11) is 1.46. The number of carbonyl (C=O) groups is 1. The second-order valence-corrected chi connectivity index (χ2v) is 3.55. The zero-order valence-corrected chi connectivity index (χ0v) is 9.37. The summed E-state index contributed by atoms with van der Waals surface area (Å²) >= 11 is 0. The van der Waals surface area contributed by atoms with Gasteiger partial charge >= 0.3 is 5.97 Å². The number of rotatable bonds is 5. The fraction of sp³-hybridized carbons (Fsp3) is 0.417. The van der Waals surface area contributed by atoms with Gasteiger partial charge in [0.25, 0.3) is 0 Å². The van der Waals surface area contributed by atoms with Crippen molar-refractivity contribution in [3.63, 3.8) is 0 Å². The maximum Gasteiger partial charge on any atom is 0.303 e. The number of aryl methyl sites for hydroxylation is 1. The van der Waals surface area contributed by atoms with E-state index < -0.39 is 12.1 Å². The molecule has 16 heavy (non-hydrogen) atoms. The van der Waals surface area contributed by atoms with Gasteiger partial charge in [0, 0.05) is 12.0 Å². The van der Waals surface area contributed by atoms with E-state index in [0.29, 0.717) is 17.7 Å². The van der Waals surface area contributed by atoms with Gasteiger partial charge in [-0.1, -0.05) is 18.2 Å². The number of benzene rings is 1. The molecule has 0 radical (unpaired) electrons. The molecule has 0 bridgehead atoms. The Morgan fingerprint density at radius 2 is 2.25 bits per heavy atom. The Labute approximate surface area is 93.9 Å². The lowest BCUT2D eigenvalue weighted by molar-refractivity contribution is -0.136. The number of carboxylic acid groups (broad SMARTS) is 1. The lowest BCUT2D eigenvalue weighted by Gasteiger charge is -2.13. The highest BCUT2D eigenvalue weighted by atomic mass is 19.1. The van der Waals surface area contributed by atoms with Crippen molar-refractivity contribution in [1.82, 2.24) is 0 Å². The average molecular weight is 226 g/mol. The normalized spacial score (nSPS) is 12.2. The molecule has 1 N–H and O–H groups in total. The highest BCUT2D eigenvalue weighted by molar-refractivity contribution is 5.67. The number of ether oxygens (including phenoxy) is 1. The van der Waals surface area contributed by atoms with Crippen molar-refractivity contribution in [3.05, 3.63) is 29.3 Å². The van der Waals surface area contributed by atoms with E-state index in [1.807, 2.05) is 0 Å². The van der Waals surface area contributed by atoms with E-state index in [1.54, 1.807) is 18.2 Å². The first kappa shape index (κ1) is 12.5. The minimum Gasteiger partial charge on any atom is -0.496 e. The van der Waals surface area contributed by atoms with Crippen LogP contribution >= 0.6 is 0 Å². The number of methoxy groups -OCH3 is 1. The molecule has 4 heteroatoms. The molecule has 1 aromatic carbocycles. The first-order valence-electron chi connectivity index (χ1n) is 5.08. The van der Waals surface area contributed by atoms with Gasteiger partial charge in [0.15, 0.2) is 0 Å². The van der Waals surface area contributed by atoms with E-state index in [4.69, 9.17) is 9.84 Å². The standard InChI is InChI=1S/C12H15FO3/c1-8(13)10-5-3-4-9(12(10)16-2)6-7-11(14)15/h3-5,8H,6-7H2,1-2H3,(H,14,15). The summed E-state index contributed by atoms with van der Waals surface area (Å²) in [5, 5.41) is 8.60. The molecule has 0 aliphatic heterocycles. The average Bonchev–Trinajstić information content (AvgIpc) is 2.25. The predicted octanol–water partition coefficient (Wildman–Crippen LogP) is 2.74. The maximum atomic E-state index is 13.3. The number of alkyl halides is 1. The third kappa shape index (κ3) is 2.95. The molecule has 0 saturated carbocycles. The van der Waals surface area contributed by atoms with Crippen molar-refractivity contribution in [2.24, 2.45) is 0 Å². The van der Waals surface area contributed by atoms with E-state index in [1.165, 1.54) is 14.0 Å². The van der Waals surface area contributed by atoms with Gasteiger partial charge in [0.05, 0.1) is 7.11 Å². The molecular formula is C12H15FO3. The Bertz CT molecular complexity index is 375. The van der Waals surface area contributed by atoms with Crippen LogP contribution in [0.4, 0.5) is 4.39 Å². The summed E-state index contributed by atoms with van der Waals surface area (Å²) in [5.41, 5.74) is 1.19. The van der Waals surface area contributed by atoms with Crippen LogP contribution in [0, 0.1) is 0 Å². The SMILES string of the molecule is COc1c(CCC(=O)O)cccc1C(C)F. The van der Waals surface area contributed by atoms with Gasteiger partial charge in [-0.2, -0.15) is 0 Å². The Balaban J connectivity index is 2.99. The summed E-state index contributed by atoms with van der Waals surface area (Å²) in [4.78, 5) is 10.5. The Morgan fingerprint density at radius 1 is 1.56 bits per heavy atom. The van der Waals surface area contributed by atoms with Crippen molar-refractivity contribution >= 4 is 5.97 Å². The fourth-order valence-electron chi connectivity index (χ4n) is 1.61. The van der Waals surface area contributed by atoms with Crippen molar-refractivity contribution in [1.29, 1.82) is 0 Å². The van der Waals surface area contributed by atoms with Crippen molar-refractivity contribution < 1.29 is 19.0 Å². The van der Waals surface area contributed by atoms with Crippen LogP contribution in [0.15, 0.2) is 18.2 Å². The predicted molar refractivity (Wildman–Crippen MR) is 58.5 cm³/mol. The summed E-state index contributed by atoms with van der Waals surface area (Å²) in [6.45, 7) is 1.43. The third-order valence-corrected chi connectivity index (χ3v) is 2.37. The molecule has 0 aliphatic carbocycles. The van der Waals surface area contributed by atoms with Crippen molar-refractivity contribution in [2.45, 2.75) is 25.9 Å². The Hall–Kier alpha value is -1.58. The van der Waals surface area contributed by atoms with E-state index in [2.05, 4.69) is 0 Å². The number of hydrogen-bond acceptors (Lipinski definition) is 2. The highest BCUT2D eigenvalue weighted by Gasteiger charge is 2.14. The highest BCUT2D eigenvalue weighted by Crippen LogP contribution is 2.31. The molecule has 1 rings (SSSR count). The van der Waals surface area contributed by atoms with Crippen LogP contribution in [0.5, 0.6) is 5.75 Å². The van der Waals surface area contributed by atoms with E-state index >= 15 is 0 Å². The minimum absolute atomic E-state index is 0.0144. The molecule has 1 aromatic rings. The zero-order chi connectivity index (χ0) is 12.1. The summed E-state index contributed by atoms with van der Waals surface area (Å²) in [6.07, 6.45) is -0.765. The van der Waals surface area contributed by atoms with Gasteiger partial charge in [0.1, 0.15) is 11.9 Å². The van der Waals surface area contributed by atoms with Gasteiger partial charge in [0.2, 0.25) is 0 Å². The van der Waals surface area contributed by atoms with E-state index in [-0.39, 0.29) is 6.42 Å². The molecule has 3 nitrogen and oxygen atoms in total. The van der Waals surface area contributed by atoms with Crippen LogP contribution in [-0.4, -0.2) is 18.2 Å². The van der Waals surface area contributed by atoms with Gasteiger partial charge < -0.3 is 9.84 Å². The molecule has 0 amide bonds. The zero-order valence-electron chi connectivity index (χ0n) is 9.37. The molecule has 88 valence electrons. The number of halogens is 1. The molecule has 0 aromatic heterocycles. The number of aliphatic carboxylic acids is 1. The smallest absolute Gasteiger partial charge is 0.303 e. The second-order valence-electron chi connectivity index (χ2n) is 3.55. The van der Waals surface area contributed by atoms with Crippen LogP contribution in [0.2, 0.25) is 0 Å². The van der Waals surface area contributed by atoms with E-state index in [9.17, 15) is 9.18 Å². The number of hydrogen-bond donors (Lipinski definition) is 1. The van der Waals surface area contributed by atoms with Gasteiger partial charge in [-0.15, -0.1) is 0 Å². The second kappa shape index (κ2) is 5.49. The minimum atomic E-state index is -1.13. The van der Waals surface area contributed by atoms with Crippen LogP contribution in [-0.2, 0) is 11.2 Å². The Kier molecular flexibility index (Phi) is 4.28. The fourth-order valence-corrected chi connectivity index (χ4v) is 1.61. The van der Waals surface area contributed by atoms with Gasteiger partial charge in [-0.25, -0.2) is 4.39 Å². The molecule has 0 aliphatic rings. The summed E-state index contributed by atoms with van der Waals surface area (Å²) in [6, 6.07) is 5.12. The topological polar surface area (TPSA) is 46.5 Å². The Morgan fingerprint density at radius 3 is 2.75 bits per heavy atom. The van der Waals surface area contributed by atoms with Crippen molar-refractivity contribution in [2.75, 3.05) is 7.11 Å². The van der Waals surface area contributed by atoms with E-state index in [0.717, 1.165) is 5.56 Å². The molecule has 0 fully saturated rings. The maximum absolute atomic E-state index is 13.3. The molecule has 0 saturated heterocycles. The number of carboxylic acids is 1. The van der Waals surface area contributed by atoms with Crippen LogP contribution in [0.3, 0.4) is 0 Å². The summed E-state index contributed by atoms with van der Waals surface area (Å²) in [5.74, 6) is -0.417. The molecule has 0 spiro atoms. The number of para-hydroxylation sites is 1. The largest absolute Gasteiger partial charge is 0.496 e. The lowest BCUT2D eigenvalue weighted by Crippen LogP contribution is -2.02. The summed E-state index contributed by atoms with van der Waals surface area (Å²) < 4.78 is 18.4. The lowest BCUT2D eigenvalue weighted by atomic mass is 10.0. The van der Waals surface area contributed by atoms with Crippen LogP contribution < -0.4 is 4.74 Å². The van der Waals surface area contributed by atoms with Crippen molar-refractivity contribution in [3.8, 4) is 5.75 Å². The van der Waals surface area contributed by atoms with Gasteiger partial charge in [-0.3, -0.25) is 4.79 Å². The monoisotopic (exact) mass is 226 g/mol. The van der Waals surface area contributed by atoms with Crippen LogP contribution in [0.25, 0.3) is 0 Å². The molecule has 1 atom stereocenters. The first-order valence-corrected chi connectivity index (χ1v) is 5.08. The third-order valence-electron chi connectivity index (χ3n) is 2.37. The molecule has 0 heterocycles. The van der Waals surface area contributed by atoms with Crippen LogP contribution in [0.1, 0.15) is 30.6 Å². The van der Waals surface area contributed by atoms with Gasteiger partial charge in [-0.05, 0) is 18.9 Å². The first-order chi connectivity index (χ1) is 7.56. The molecule has 1 unspecified atom stereocenters. The molecular weight excluding hydrogens is 211 g/mol.